The molecule has 0 aliphatic carbocycles. The Morgan fingerprint density at radius 2 is 2.22 bits per heavy atom. The number of carbonyl (C=O) groups excluding carboxylic acids is 1. The van der Waals surface area contributed by atoms with Crippen LogP contribution in [-0.2, 0) is 11.3 Å². The van der Waals surface area contributed by atoms with E-state index in [0.717, 1.165) is 51.9 Å². The highest BCUT2D eigenvalue weighted by Crippen LogP contribution is 2.35. The molecule has 1 aromatic rings. The van der Waals surface area contributed by atoms with E-state index in [1.54, 1.807) is 6.20 Å². The third-order valence-corrected chi connectivity index (χ3v) is 4.26. The molecule has 2 aliphatic rings. The second kappa shape index (κ2) is 4.72. The number of nitrogens with zero attached hydrogens (tertiary/aromatic N) is 3. The van der Waals surface area contributed by atoms with Crippen LogP contribution >= 0.6 is 0 Å². The van der Waals surface area contributed by atoms with Gasteiger partial charge in [-0.15, -0.1) is 0 Å². The van der Waals surface area contributed by atoms with Gasteiger partial charge in [-0.1, -0.05) is 0 Å². The third kappa shape index (κ3) is 1.92. The van der Waals surface area contributed by atoms with Crippen molar-refractivity contribution in [2.24, 2.45) is 0 Å². The molecule has 18 heavy (non-hydrogen) atoms. The lowest BCUT2D eigenvalue weighted by atomic mass is 9.86. The summed E-state index contributed by atoms with van der Waals surface area (Å²) in [7, 11) is 0. The molecule has 0 saturated carbocycles. The van der Waals surface area contributed by atoms with Crippen molar-refractivity contribution < 1.29 is 4.79 Å². The van der Waals surface area contributed by atoms with E-state index in [-0.39, 0.29) is 11.4 Å². The summed E-state index contributed by atoms with van der Waals surface area (Å²) in [5.74, 6) is 0.242. The SMILES string of the molecule is O=C1NCCCC12CCCN2CCn1cccn1. The molecule has 0 bridgehead atoms. The highest BCUT2D eigenvalue weighted by atomic mass is 16.2. The standard InChI is InChI=1S/C13H20N4O/c18-12-13(4-1-6-14-12)5-2-8-16(13)10-11-17-9-3-7-15-17/h3,7,9H,1-2,4-6,8,10-11H2,(H,14,18). The highest BCUT2D eigenvalue weighted by Gasteiger charge is 2.47. The molecule has 3 heterocycles. The van der Waals surface area contributed by atoms with Gasteiger partial charge in [-0.25, -0.2) is 0 Å². The van der Waals surface area contributed by atoms with Gasteiger partial charge >= 0.3 is 0 Å². The van der Waals surface area contributed by atoms with Crippen molar-refractivity contribution in [1.29, 1.82) is 0 Å². The molecular weight excluding hydrogens is 228 g/mol. The smallest absolute Gasteiger partial charge is 0.240 e. The highest BCUT2D eigenvalue weighted by molar-refractivity contribution is 5.87. The van der Waals surface area contributed by atoms with Crippen LogP contribution < -0.4 is 5.32 Å². The minimum Gasteiger partial charge on any atom is -0.354 e. The summed E-state index contributed by atoms with van der Waals surface area (Å²) < 4.78 is 1.94. The molecule has 2 saturated heterocycles. The van der Waals surface area contributed by atoms with Gasteiger partial charge in [0.25, 0.3) is 0 Å². The van der Waals surface area contributed by atoms with Crippen molar-refractivity contribution in [3.8, 4) is 0 Å². The van der Waals surface area contributed by atoms with Crippen molar-refractivity contribution in [1.82, 2.24) is 20.0 Å². The number of aromatic nitrogens is 2. The van der Waals surface area contributed by atoms with Crippen LogP contribution in [0.1, 0.15) is 25.7 Å². The Morgan fingerprint density at radius 1 is 1.33 bits per heavy atom. The average molecular weight is 248 g/mol. The fraction of sp³-hybridized carbons (Fsp3) is 0.692. The fourth-order valence-corrected chi connectivity index (χ4v) is 3.32. The average Bonchev–Trinajstić information content (AvgIpc) is 3.01. The van der Waals surface area contributed by atoms with Crippen LogP contribution in [0.15, 0.2) is 18.5 Å². The number of carbonyl (C=O) groups is 1. The first-order chi connectivity index (χ1) is 8.81. The Hall–Kier alpha value is -1.36. The number of likely N-dealkylation sites (tertiary alicyclic amines) is 1. The topological polar surface area (TPSA) is 50.2 Å². The van der Waals surface area contributed by atoms with E-state index in [4.69, 9.17) is 0 Å². The van der Waals surface area contributed by atoms with Crippen molar-refractivity contribution in [3.05, 3.63) is 18.5 Å². The van der Waals surface area contributed by atoms with Crippen LogP contribution in [0.4, 0.5) is 0 Å². The van der Waals surface area contributed by atoms with Gasteiger partial charge in [0, 0.05) is 25.5 Å². The van der Waals surface area contributed by atoms with E-state index in [9.17, 15) is 4.79 Å². The molecule has 2 aliphatic heterocycles. The fourth-order valence-electron chi connectivity index (χ4n) is 3.32. The van der Waals surface area contributed by atoms with Gasteiger partial charge in [0.2, 0.25) is 5.91 Å². The molecule has 1 amide bonds. The van der Waals surface area contributed by atoms with Crippen molar-refractivity contribution in [2.75, 3.05) is 19.6 Å². The molecule has 5 heteroatoms. The van der Waals surface area contributed by atoms with Gasteiger partial charge in [-0.05, 0) is 38.3 Å². The summed E-state index contributed by atoms with van der Waals surface area (Å²) in [6.45, 7) is 3.65. The van der Waals surface area contributed by atoms with Crippen LogP contribution in [0.25, 0.3) is 0 Å². The van der Waals surface area contributed by atoms with Crippen LogP contribution in [0, 0.1) is 0 Å². The molecule has 98 valence electrons. The Balaban J connectivity index is 1.68. The predicted molar refractivity (Wildman–Crippen MR) is 68.0 cm³/mol. The quantitative estimate of drug-likeness (QED) is 0.853. The Morgan fingerprint density at radius 3 is 3.00 bits per heavy atom. The van der Waals surface area contributed by atoms with Gasteiger partial charge in [0.15, 0.2) is 0 Å². The largest absolute Gasteiger partial charge is 0.354 e. The molecule has 1 spiro atoms. The summed E-state index contributed by atoms with van der Waals surface area (Å²) in [6, 6.07) is 1.94. The van der Waals surface area contributed by atoms with Crippen molar-refractivity contribution in [2.45, 2.75) is 37.8 Å². The van der Waals surface area contributed by atoms with Gasteiger partial charge in [-0.3, -0.25) is 14.4 Å². The van der Waals surface area contributed by atoms with E-state index in [2.05, 4.69) is 15.3 Å². The number of nitrogens with one attached hydrogen (secondary N) is 1. The lowest BCUT2D eigenvalue weighted by Gasteiger charge is -2.40. The summed E-state index contributed by atoms with van der Waals surface area (Å²) in [5, 5.41) is 7.25. The Bertz CT molecular complexity index is 417. The zero-order chi connectivity index (χ0) is 12.4. The molecule has 1 unspecified atom stereocenters. The molecule has 2 fully saturated rings. The molecule has 1 atom stereocenters. The van der Waals surface area contributed by atoms with Crippen molar-refractivity contribution in [3.63, 3.8) is 0 Å². The molecule has 0 aromatic carbocycles. The van der Waals surface area contributed by atoms with E-state index in [0.29, 0.717) is 0 Å². The normalized spacial score (nSPS) is 28.8. The molecule has 1 N–H and O–H groups in total. The van der Waals surface area contributed by atoms with E-state index >= 15 is 0 Å². The first-order valence-corrected chi connectivity index (χ1v) is 6.82. The second-order valence-corrected chi connectivity index (χ2v) is 5.25. The van der Waals surface area contributed by atoms with Gasteiger partial charge in [0.1, 0.15) is 5.54 Å². The van der Waals surface area contributed by atoms with E-state index in [1.807, 2.05) is 16.9 Å². The van der Waals surface area contributed by atoms with E-state index < -0.39 is 0 Å². The monoisotopic (exact) mass is 248 g/mol. The lowest BCUT2D eigenvalue weighted by Crippen LogP contribution is -2.59. The van der Waals surface area contributed by atoms with Crippen LogP contribution in [0.5, 0.6) is 0 Å². The zero-order valence-corrected chi connectivity index (χ0v) is 10.6. The minimum absolute atomic E-state index is 0.217. The number of rotatable bonds is 3. The van der Waals surface area contributed by atoms with Gasteiger partial charge in [-0.2, -0.15) is 5.10 Å². The first-order valence-electron chi connectivity index (χ1n) is 6.82. The Labute approximate surface area is 107 Å². The number of piperidine rings is 1. The molecule has 0 radical (unpaired) electrons. The van der Waals surface area contributed by atoms with Crippen LogP contribution in [-0.4, -0.2) is 45.8 Å². The minimum atomic E-state index is -0.217. The summed E-state index contributed by atoms with van der Waals surface area (Å²) in [5.41, 5.74) is -0.217. The maximum absolute atomic E-state index is 12.2. The molecule has 3 rings (SSSR count). The van der Waals surface area contributed by atoms with Crippen LogP contribution in [0.3, 0.4) is 0 Å². The van der Waals surface area contributed by atoms with Gasteiger partial charge in [0.05, 0.1) is 6.54 Å². The zero-order valence-electron chi connectivity index (χ0n) is 10.6. The predicted octanol–water partition coefficient (Wildman–Crippen LogP) is 0.628. The lowest BCUT2D eigenvalue weighted by molar-refractivity contribution is -0.134. The molecular formula is C13H20N4O. The molecule has 5 nitrogen and oxygen atoms in total. The summed E-state index contributed by atoms with van der Waals surface area (Å²) in [6.07, 6.45) is 8.03. The van der Waals surface area contributed by atoms with Crippen molar-refractivity contribution >= 4 is 5.91 Å². The van der Waals surface area contributed by atoms with Gasteiger partial charge < -0.3 is 5.32 Å². The van der Waals surface area contributed by atoms with E-state index in [1.165, 1.54) is 0 Å². The number of hydrogen-bond acceptors (Lipinski definition) is 3. The summed E-state index contributed by atoms with van der Waals surface area (Å²) in [4.78, 5) is 14.6. The maximum Gasteiger partial charge on any atom is 0.240 e. The maximum atomic E-state index is 12.2. The van der Waals surface area contributed by atoms with Crippen LogP contribution in [0.2, 0.25) is 0 Å². The summed E-state index contributed by atoms with van der Waals surface area (Å²) >= 11 is 0. The Kier molecular flexibility index (Phi) is 3.07. The number of hydrogen-bond donors (Lipinski definition) is 1. The molecule has 1 aromatic heterocycles. The third-order valence-electron chi connectivity index (χ3n) is 4.26. The number of amides is 1. The second-order valence-electron chi connectivity index (χ2n) is 5.25. The first kappa shape index (κ1) is 11.7.